The summed E-state index contributed by atoms with van der Waals surface area (Å²) in [6.45, 7) is 8.24. The Hall–Kier alpha value is -2.13. The van der Waals surface area contributed by atoms with Crippen LogP contribution in [0.25, 0.3) is 12.2 Å². The van der Waals surface area contributed by atoms with E-state index in [4.69, 9.17) is 5.73 Å². The fraction of sp³-hybridized carbons (Fsp3) is 0.381. The first-order chi connectivity index (χ1) is 11.6. The third kappa shape index (κ3) is 5.20. The van der Waals surface area contributed by atoms with Crippen molar-refractivity contribution >= 4 is 12.2 Å². The summed E-state index contributed by atoms with van der Waals surface area (Å²) in [5.41, 5.74) is 11.7. The Morgan fingerprint density at radius 2 is 2.00 bits per heavy atom. The number of aromatic nitrogens is 1. The molecule has 0 spiro atoms. The Kier molecular flexibility index (Phi) is 7.01. The predicted molar refractivity (Wildman–Crippen MR) is 104 cm³/mol. The van der Waals surface area contributed by atoms with Crippen molar-refractivity contribution in [3.05, 3.63) is 64.7 Å². The number of hydrogen-bond donors (Lipinski definition) is 2. The Morgan fingerprint density at radius 1 is 1.25 bits per heavy atom. The maximum atomic E-state index is 6.33. The Bertz CT molecular complexity index is 660. The molecule has 128 valence electrons. The lowest BCUT2D eigenvalue weighted by atomic mass is 9.93. The lowest BCUT2D eigenvalue weighted by Gasteiger charge is -2.23. The van der Waals surface area contributed by atoms with E-state index in [2.05, 4.69) is 47.6 Å². The van der Waals surface area contributed by atoms with Gasteiger partial charge < -0.3 is 11.1 Å². The average Bonchev–Trinajstić information content (AvgIpc) is 2.61. The summed E-state index contributed by atoms with van der Waals surface area (Å²) in [5.74, 6) is 0.494. The van der Waals surface area contributed by atoms with Crippen LogP contribution in [-0.2, 0) is 0 Å². The van der Waals surface area contributed by atoms with E-state index in [-0.39, 0.29) is 0 Å². The summed E-state index contributed by atoms with van der Waals surface area (Å²) in [7, 11) is 0. The van der Waals surface area contributed by atoms with Crippen molar-refractivity contribution in [1.82, 2.24) is 10.3 Å². The average molecular weight is 323 g/mol. The Labute approximate surface area is 146 Å². The molecule has 3 heteroatoms. The first-order valence-electron chi connectivity index (χ1n) is 8.75. The van der Waals surface area contributed by atoms with Gasteiger partial charge in [0.1, 0.15) is 0 Å². The fourth-order valence-corrected chi connectivity index (χ4v) is 2.91. The molecule has 24 heavy (non-hydrogen) atoms. The van der Waals surface area contributed by atoms with Gasteiger partial charge in [0.05, 0.1) is 5.69 Å². The molecule has 1 fully saturated rings. The summed E-state index contributed by atoms with van der Waals surface area (Å²) >= 11 is 0. The van der Waals surface area contributed by atoms with Crippen molar-refractivity contribution in [2.75, 3.05) is 13.1 Å². The molecule has 1 aliphatic heterocycles. The second-order valence-corrected chi connectivity index (χ2v) is 6.28. The molecule has 1 aromatic heterocycles. The zero-order chi connectivity index (χ0) is 17.4. The van der Waals surface area contributed by atoms with Crippen molar-refractivity contribution in [2.45, 2.75) is 33.6 Å². The summed E-state index contributed by atoms with van der Waals surface area (Å²) in [6, 6.07) is 2.16. The molecule has 1 saturated heterocycles. The summed E-state index contributed by atoms with van der Waals surface area (Å²) in [6.07, 6.45) is 16.7. The summed E-state index contributed by atoms with van der Waals surface area (Å²) < 4.78 is 0. The molecule has 3 nitrogen and oxygen atoms in total. The van der Waals surface area contributed by atoms with Gasteiger partial charge in [0.2, 0.25) is 0 Å². The van der Waals surface area contributed by atoms with E-state index < -0.39 is 0 Å². The zero-order valence-corrected chi connectivity index (χ0v) is 15.0. The lowest BCUT2D eigenvalue weighted by molar-refractivity contribution is 0.417. The van der Waals surface area contributed by atoms with E-state index in [1.54, 1.807) is 0 Å². The third-order valence-corrected chi connectivity index (χ3v) is 4.34. The minimum atomic E-state index is 0.494. The monoisotopic (exact) mass is 323 g/mol. The Morgan fingerprint density at radius 3 is 2.67 bits per heavy atom. The van der Waals surface area contributed by atoms with Gasteiger partial charge in [-0.25, -0.2) is 0 Å². The molecule has 3 N–H and O–H groups in total. The minimum absolute atomic E-state index is 0.494. The zero-order valence-electron chi connectivity index (χ0n) is 15.0. The molecule has 0 atom stereocenters. The van der Waals surface area contributed by atoms with Crippen LogP contribution in [0.3, 0.4) is 0 Å². The highest BCUT2D eigenvalue weighted by atomic mass is 14.9. The number of hydrogen-bond acceptors (Lipinski definition) is 3. The Balaban J connectivity index is 2.18. The van der Waals surface area contributed by atoms with Crippen LogP contribution in [0.1, 0.15) is 43.5 Å². The van der Waals surface area contributed by atoms with Crippen molar-refractivity contribution in [1.29, 1.82) is 0 Å². The molecular formula is C21H29N3. The van der Waals surface area contributed by atoms with Gasteiger partial charge in [-0.1, -0.05) is 24.3 Å². The largest absolute Gasteiger partial charge is 0.402 e. The highest BCUT2D eigenvalue weighted by Crippen LogP contribution is 2.20. The van der Waals surface area contributed by atoms with Gasteiger partial charge in [-0.2, -0.15) is 0 Å². The van der Waals surface area contributed by atoms with Gasteiger partial charge in [0.25, 0.3) is 0 Å². The lowest BCUT2D eigenvalue weighted by Crippen LogP contribution is -2.30. The maximum Gasteiger partial charge on any atom is 0.0698 e. The normalized spacial score (nSPS) is 18.0. The van der Waals surface area contributed by atoms with Crippen LogP contribution in [-0.4, -0.2) is 18.1 Å². The smallest absolute Gasteiger partial charge is 0.0698 e. The van der Waals surface area contributed by atoms with Gasteiger partial charge in [0.15, 0.2) is 0 Å². The highest BCUT2D eigenvalue weighted by Gasteiger charge is 2.15. The van der Waals surface area contributed by atoms with Gasteiger partial charge >= 0.3 is 0 Å². The number of nitrogens with one attached hydrogen (secondary N) is 1. The molecule has 0 unspecified atom stereocenters. The van der Waals surface area contributed by atoms with E-state index in [0.717, 1.165) is 54.0 Å². The molecule has 2 rings (SSSR count). The van der Waals surface area contributed by atoms with Crippen molar-refractivity contribution < 1.29 is 0 Å². The van der Waals surface area contributed by atoms with Crippen LogP contribution in [0.5, 0.6) is 0 Å². The van der Waals surface area contributed by atoms with Crippen LogP contribution in [0.2, 0.25) is 0 Å². The molecule has 0 bridgehead atoms. The molecule has 0 aromatic carbocycles. The highest BCUT2D eigenvalue weighted by molar-refractivity contribution is 5.64. The molecule has 0 radical (unpaired) electrons. The predicted octanol–water partition coefficient (Wildman–Crippen LogP) is 4.22. The quantitative estimate of drug-likeness (QED) is 0.798. The SMILES string of the molecule is C/C=C\c1ncc(C)cc1/C=C/C(=C/C)/C=C(\N)C1CCNCC1. The maximum absolute atomic E-state index is 6.33. The third-order valence-electron chi connectivity index (χ3n) is 4.34. The van der Waals surface area contributed by atoms with Gasteiger partial charge in [0, 0.05) is 23.4 Å². The molecule has 0 amide bonds. The number of piperidine rings is 1. The van der Waals surface area contributed by atoms with Crippen molar-refractivity contribution in [3.8, 4) is 0 Å². The molecule has 2 heterocycles. The van der Waals surface area contributed by atoms with Crippen LogP contribution in [0, 0.1) is 12.8 Å². The van der Waals surface area contributed by atoms with E-state index >= 15 is 0 Å². The molecular weight excluding hydrogens is 294 g/mol. The number of nitrogens with zero attached hydrogens (tertiary/aromatic N) is 1. The first-order valence-corrected chi connectivity index (χ1v) is 8.75. The van der Waals surface area contributed by atoms with E-state index in [1.807, 2.05) is 32.2 Å². The first kappa shape index (κ1) is 18.2. The van der Waals surface area contributed by atoms with Crippen LogP contribution in [0.15, 0.2) is 47.8 Å². The number of aryl methyl sites for hydroxylation is 1. The number of rotatable bonds is 5. The van der Waals surface area contributed by atoms with Gasteiger partial charge in [-0.3, -0.25) is 4.98 Å². The molecule has 1 aliphatic rings. The fourth-order valence-electron chi connectivity index (χ4n) is 2.91. The minimum Gasteiger partial charge on any atom is -0.402 e. The second-order valence-electron chi connectivity index (χ2n) is 6.28. The van der Waals surface area contributed by atoms with Crippen LogP contribution in [0.4, 0.5) is 0 Å². The van der Waals surface area contributed by atoms with Gasteiger partial charge in [-0.05, 0) is 76.1 Å². The number of allylic oxidation sites excluding steroid dienone is 6. The van der Waals surface area contributed by atoms with Gasteiger partial charge in [-0.15, -0.1) is 0 Å². The van der Waals surface area contributed by atoms with Crippen LogP contribution >= 0.6 is 0 Å². The summed E-state index contributed by atoms with van der Waals surface area (Å²) in [5, 5.41) is 3.38. The van der Waals surface area contributed by atoms with Crippen molar-refractivity contribution in [2.24, 2.45) is 11.7 Å². The van der Waals surface area contributed by atoms with E-state index in [1.165, 1.54) is 0 Å². The second kappa shape index (κ2) is 9.24. The van der Waals surface area contributed by atoms with Crippen molar-refractivity contribution in [3.63, 3.8) is 0 Å². The van der Waals surface area contributed by atoms with Crippen LogP contribution < -0.4 is 11.1 Å². The molecule has 0 aliphatic carbocycles. The van der Waals surface area contributed by atoms with E-state index in [9.17, 15) is 0 Å². The molecule has 0 saturated carbocycles. The molecule has 1 aromatic rings. The summed E-state index contributed by atoms with van der Waals surface area (Å²) in [4.78, 5) is 4.50. The standard InChI is InChI=1S/C21H29N3/c1-4-6-21-19(13-16(3)15-24-21)8-7-17(5-2)14-20(22)18-9-11-23-12-10-18/h4-8,13-15,18,23H,9-12,22H2,1-3H3/b6-4-,8-7+,17-5-,20-14-. The van der Waals surface area contributed by atoms with E-state index in [0.29, 0.717) is 5.92 Å². The number of pyridine rings is 1. The topological polar surface area (TPSA) is 50.9 Å². The number of nitrogens with two attached hydrogens (primary N) is 1.